The highest BCUT2D eigenvalue weighted by atomic mass is 32.1. The SMILES string of the molecule is CNC(Cc1nccs1)CC(F)(F)F. The Morgan fingerprint density at radius 3 is 2.71 bits per heavy atom. The van der Waals surface area contributed by atoms with Gasteiger partial charge in [-0.1, -0.05) is 0 Å². The Morgan fingerprint density at radius 2 is 2.29 bits per heavy atom. The fourth-order valence-corrected chi connectivity index (χ4v) is 1.82. The molecule has 0 aliphatic rings. The fraction of sp³-hybridized carbons (Fsp3) is 0.625. The van der Waals surface area contributed by atoms with Crippen molar-refractivity contribution >= 4 is 11.3 Å². The number of hydrogen-bond acceptors (Lipinski definition) is 3. The molecule has 0 aromatic carbocycles. The molecule has 1 aromatic rings. The third-order valence-corrected chi connectivity index (χ3v) is 2.59. The van der Waals surface area contributed by atoms with Crippen LogP contribution in [-0.4, -0.2) is 24.2 Å². The van der Waals surface area contributed by atoms with Crippen molar-refractivity contribution in [3.05, 3.63) is 16.6 Å². The number of thiazole rings is 1. The van der Waals surface area contributed by atoms with Crippen LogP contribution < -0.4 is 5.32 Å². The van der Waals surface area contributed by atoms with E-state index in [0.29, 0.717) is 6.42 Å². The van der Waals surface area contributed by atoms with Crippen molar-refractivity contribution in [1.29, 1.82) is 0 Å². The van der Waals surface area contributed by atoms with Crippen molar-refractivity contribution in [2.45, 2.75) is 25.1 Å². The van der Waals surface area contributed by atoms with Gasteiger partial charge in [0.05, 0.1) is 11.4 Å². The number of likely N-dealkylation sites (N-methyl/N-ethyl adjacent to an activating group) is 1. The molecule has 0 amide bonds. The van der Waals surface area contributed by atoms with Crippen molar-refractivity contribution < 1.29 is 13.2 Å². The van der Waals surface area contributed by atoms with Crippen molar-refractivity contribution in [3.63, 3.8) is 0 Å². The van der Waals surface area contributed by atoms with Crippen LogP contribution in [0.3, 0.4) is 0 Å². The molecule has 0 aliphatic carbocycles. The topological polar surface area (TPSA) is 24.9 Å². The average Bonchev–Trinajstić information content (AvgIpc) is 2.53. The van der Waals surface area contributed by atoms with Gasteiger partial charge in [-0.3, -0.25) is 0 Å². The first-order chi connectivity index (χ1) is 6.51. The summed E-state index contributed by atoms with van der Waals surface area (Å²) in [5, 5.41) is 5.13. The molecule has 80 valence electrons. The van der Waals surface area contributed by atoms with E-state index >= 15 is 0 Å². The van der Waals surface area contributed by atoms with E-state index in [1.807, 2.05) is 0 Å². The second-order valence-corrected chi connectivity index (χ2v) is 3.91. The Bertz CT molecular complexity index is 258. The predicted molar refractivity (Wildman–Crippen MR) is 49.3 cm³/mol. The summed E-state index contributed by atoms with van der Waals surface area (Å²) >= 11 is 1.37. The highest BCUT2D eigenvalue weighted by Crippen LogP contribution is 2.23. The van der Waals surface area contributed by atoms with Gasteiger partial charge in [0.15, 0.2) is 0 Å². The third-order valence-electron chi connectivity index (χ3n) is 1.79. The van der Waals surface area contributed by atoms with Crippen LogP contribution in [0.25, 0.3) is 0 Å². The van der Waals surface area contributed by atoms with Crippen molar-refractivity contribution in [1.82, 2.24) is 10.3 Å². The number of halogens is 3. The molecule has 1 heterocycles. The molecule has 0 saturated heterocycles. The molecule has 6 heteroatoms. The Morgan fingerprint density at radius 1 is 1.57 bits per heavy atom. The minimum absolute atomic E-state index is 0.327. The maximum atomic E-state index is 12.1. The molecular formula is C8H11F3N2S. The number of nitrogens with one attached hydrogen (secondary N) is 1. The molecule has 0 aliphatic heterocycles. The Kier molecular flexibility index (Phi) is 3.88. The lowest BCUT2D eigenvalue weighted by Crippen LogP contribution is -2.32. The Balaban J connectivity index is 2.47. The monoisotopic (exact) mass is 224 g/mol. The molecule has 1 atom stereocenters. The van der Waals surface area contributed by atoms with Crippen LogP contribution in [0.4, 0.5) is 13.2 Å². The zero-order chi connectivity index (χ0) is 10.6. The first kappa shape index (κ1) is 11.5. The largest absolute Gasteiger partial charge is 0.390 e. The zero-order valence-corrected chi connectivity index (χ0v) is 8.45. The van der Waals surface area contributed by atoms with E-state index in [1.165, 1.54) is 18.4 Å². The summed E-state index contributed by atoms with van der Waals surface area (Å²) in [6.45, 7) is 0. The Hall–Kier alpha value is -0.620. The highest BCUT2D eigenvalue weighted by Gasteiger charge is 2.31. The number of aromatic nitrogens is 1. The molecule has 1 rings (SSSR count). The number of nitrogens with zero attached hydrogens (tertiary/aromatic N) is 1. The summed E-state index contributed by atoms with van der Waals surface area (Å²) in [6.07, 6.45) is -3.01. The number of alkyl halides is 3. The molecule has 1 aromatic heterocycles. The quantitative estimate of drug-likeness (QED) is 0.848. The summed E-state index contributed by atoms with van der Waals surface area (Å²) in [4.78, 5) is 3.95. The smallest absolute Gasteiger partial charge is 0.316 e. The van der Waals surface area contributed by atoms with Crippen LogP contribution in [0.15, 0.2) is 11.6 Å². The average molecular weight is 224 g/mol. The summed E-state index contributed by atoms with van der Waals surface area (Å²) in [5.41, 5.74) is 0. The van der Waals surface area contributed by atoms with Gasteiger partial charge in [0.25, 0.3) is 0 Å². The van der Waals surface area contributed by atoms with Gasteiger partial charge in [0.2, 0.25) is 0 Å². The van der Waals surface area contributed by atoms with Gasteiger partial charge in [-0.05, 0) is 7.05 Å². The second kappa shape index (κ2) is 4.75. The van der Waals surface area contributed by atoms with E-state index in [-0.39, 0.29) is 0 Å². The molecule has 0 bridgehead atoms. The minimum Gasteiger partial charge on any atom is -0.316 e. The standard InChI is InChI=1S/C8H11F3N2S/c1-12-6(5-8(9,10)11)4-7-13-2-3-14-7/h2-3,6,12H,4-5H2,1H3. The summed E-state index contributed by atoms with van der Waals surface area (Å²) in [5.74, 6) is 0. The van der Waals surface area contributed by atoms with E-state index in [2.05, 4.69) is 10.3 Å². The fourth-order valence-electron chi connectivity index (χ4n) is 1.12. The van der Waals surface area contributed by atoms with E-state index in [9.17, 15) is 13.2 Å². The molecule has 0 saturated carbocycles. The molecule has 0 radical (unpaired) electrons. The molecule has 1 unspecified atom stereocenters. The van der Waals surface area contributed by atoms with E-state index in [4.69, 9.17) is 0 Å². The summed E-state index contributed by atoms with van der Waals surface area (Å²) < 4.78 is 36.2. The lowest BCUT2D eigenvalue weighted by atomic mass is 10.1. The number of hydrogen-bond donors (Lipinski definition) is 1. The van der Waals surface area contributed by atoms with Crippen molar-refractivity contribution in [2.24, 2.45) is 0 Å². The van der Waals surface area contributed by atoms with Crippen molar-refractivity contribution in [3.8, 4) is 0 Å². The molecule has 2 nitrogen and oxygen atoms in total. The van der Waals surface area contributed by atoms with Gasteiger partial charge in [0, 0.05) is 24.0 Å². The first-order valence-electron chi connectivity index (χ1n) is 4.13. The molecular weight excluding hydrogens is 213 g/mol. The van der Waals surface area contributed by atoms with Gasteiger partial charge in [0.1, 0.15) is 0 Å². The maximum Gasteiger partial charge on any atom is 0.390 e. The van der Waals surface area contributed by atoms with E-state index < -0.39 is 18.6 Å². The molecule has 1 N–H and O–H groups in total. The number of rotatable bonds is 4. The zero-order valence-electron chi connectivity index (χ0n) is 7.64. The van der Waals surface area contributed by atoms with E-state index in [0.717, 1.165) is 5.01 Å². The summed E-state index contributed by atoms with van der Waals surface area (Å²) in [7, 11) is 1.53. The molecule has 0 fully saturated rings. The van der Waals surface area contributed by atoms with Crippen LogP contribution in [-0.2, 0) is 6.42 Å². The Labute approximate surface area is 84.2 Å². The first-order valence-corrected chi connectivity index (χ1v) is 5.01. The summed E-state index contributed by atoms with van der Waals surface area (Å²) in [6, 6.07) is -0.582. The van der Waals surface area contributed by atoms with E-state index in [1.54, 1.807) is 11.6 Å². The van der Waals surface area contributed by atoms with Crippen LogP contribution in [0, 0.1) is 0 Å². The molecule has 0 spiro atoms. The highest BCUT2D eigenvalue weighted by molar-refractivity contribution is 7.09. The van der Waals surface area contributed by atoms with Gasteiger partial charge in [-0.25, -0.2) is 4.98 Å². The van der Waals surface area contributed by atoms with Crippen molar-refractivity contribution in [2.75, 3.05) is 7.05 Å². The maximum absolute atomic E-state index is 12.1. The van der Waals surface area contributed by atoms with Gasteiger partial charge >= 0.3 is 6.18 Å². The third kappa shape index (κ3) is 4.06. The van der Waals surface area contributed by atoms with Crippen LogP contribution in [0.5, 0.6) is 0 Å². The van der Waals surface area contributed by atoms with Crippen LogP contribution >= 0.6 is 11.3 Å². The van der Waals surface area contributed by atoms with Crippen LogP contribution in [0.1, 0.15) is 11.4 Å². The second-order valence-electron chi connectivity index (χ2n) is 2.93. The minimum atomic E-state index is -4.12. The van der Waals surface area contributed by atoms with Gasteiger partial charge < -0.3 is 5.32 Å². The lowest BCUT2D eigenvalue weighted by Gasteiger charge is -2.16. The van der Waals surface area contributed by atoms with Gasteiger partial charge in [-0.15, -0.1) is 11.3 Å². The predicted octanol–water partition coefficient (Wildman–Crippen LogP) is 2.23. The van der Waals surface area contributed by atoms with Gasteiger partial charge in [-0.2, -0.15) is 13.2 Å². The lowest BCUT2D eigenvalue weighted by molar-refractivity contribution is -0.139. The van der Waals surface area contributed by atoms with Crippen LogP contribution in [0.2, 0.25) is 0 Å². The normalized spacial score (nSPS) is 14.3. The molecule has 14 heavy (non-hydrogen) atoms.